The number of nitrogens with one attached hydrogen (secondary N) is 2. The molecule has 6 heteroatoms. The van der Waals surface area contributed by atoms with Crippen LogP contribution >= 0.6 is 27.3 Å². The molecule has 0 radical (unpaired) electrons. The second kappa shape index (κ2) is 7.35. The van der Waals surface area contributed by atoms with Gasteiger partial charge in [0.15, 0.2) is 5.96 Å². The lowest BCUT2D eigenvalue weighted by Gasteiger charge is -2.10. The topological polar surface area (TPSA) is 49.6 Å². The Bertz CT molecular complexity index is 522. The summed E-state index contributed by atoms with van der Waals surface area (Å²) >= 11 is 5.17. The third-order valence-electron chi connectivity index (χ3n) is 2.53. The molecule has 0 aromatic carbocycles. The van der Waals surface area contributed by atoms with Gasteiger partial charge in [0.25, 0.3) is 0 Å². The van der Waals surface area contributed by atoms with Gasteiger partial charge in [0.05, 0.1) is 16.6 Å². The van der Waals surface area contributed by atoms with Crippen molar-refractivity contribution in [2.75, 3.05) is 13.6 Å². The van der Waals surface area contributed by atoms with Crippen LogP contribution in [0.1, 0.15) is 10.6 Å². The van der Waals surface area contributed by atoms with E-state index < -0.39 is 0 Å². The summed E-state index contributed by atoms with van der Waals surface area (Å²) in [7, 11) is 1.77. The summed E-state index contributed by atoms with van der Waals surface area (Å²) in [4.78, 5) is 5.45. The van der Waals surface area contributed by atoms with Crippen molar-refractivity contribution in [1.82, 2.24) is 10.6 Å². The Balaban J connectivity index is 1.71. The minimum atomic E-state index is 0.774. The summed E-state index contributed by atoms with van der Waals surface area (Å²) in [6.45, 7) is 1.57. The number of aliphatic imine (C=N–C) groups is 1. The molecule has 2 heterocycles. The molecule has 2 N–H and O–H groups in total. The van der Waals surface area contributed by atoms with Crippen molar-refractivity contribution < 1.29 is 4.42 Å². The first-order valence-corrected chi connectivity index (χ1v) is 7.60. The van der Waals surface area contributed by atoms with E-state index >= 15 is 0 Å². The maximum atomic E-state index is 5.28. The fourth-order valence-corrected chi connectivity index (χ4v) is 3.02. The van der Waals surface area contributed by atoms with Crippen molar-refractivity contribution in [2.45, 2.75) is 13.0 Å². The standard InChI is InChI=1S/C13H16BrN3OS/c1-15-13(16-7-6-10-3-2-8-18-10)17-9-11-4-5-12(14)19-11/h2-5,8H,6-7,9H2,1H3,(H2,15,16,17). The average Bonchev–Trinajstić information content (AvgIpc) is 3.05. The minimum Gasteiger partial charge on any atom is -0.469 e. The number of nitrogens with zero attached hydrogens (tertiary/aromatic N) is 1. The predicted molar refractivity (Wildman–Crippen MR) is 82.6 cm³/mol. The number of furan rings is 1. The lowest BCUT2D eigenvalue weighted by atomic mass is 10.3. The summed E-state index contributed by atoms with van der Waals surface area (Å²) < 4.78 is 6.42. The Morgan fingerprint density at radius 3 is 2.89 bits per heavy atom. The maximum absolute atomic E-state index is 5.28. The van der Waals surface area contributed by atoms with Gasteiger partial charge in [0.2, 0.25) is 0 Å². The second-order valence-corrected chi connectivity index (χ2v) is 6.44. The monoisotopic (exact) mass is 341 g/mol. The first-order valence-electron chi connectivity index (χ1n) is 5.99. The molecule has 19 heavy (non-hydrogen) atoms. The van der Waals surface area contributed by atoms with E-state index in [0.717, 1.165) is 35.0 Å². The Morgan fingerprint density at radius 1 is 1.37 bits per heavy atom. The van der Waals surface area contributed by atoms with Crippen LogP contribution in [0.3, 0.4) is 0 Å². The average molecular weight is 342 g/mol. The molecule has 4 nitrogen and oxygen atoms in total. The number of guanidine groups is 1. The molecule has 0 aliphatic rings. The van der Waals surface area contributed by atoms with E-state index in [1.165, 1.54) is 4.88 Å². The Kier molecular flexibility index (Phi) is 5.47. The van der Waals surface area contributed by atoms with Crippen LogP contribution in [0.5, 0.6) is 0 Å². The SMILES string of the molecule is CN=C(NCCc1ccco1)NCc1ccc(Br)s1. The van der Waals surface area contributed by atoms with E-state index in [4.69, 9.17) is 4.42 Å². The van der Waals surface area contributed by atoms with Gasteiger partial charge in [-0.15, -0.1) is 11.3 Å². The van der Waals surface area contributed by atoms with Crippen LogP contribution in [0.4, 0.5) is 0 Å². The number of hydrogen-bond donors (Lipinski definition) is 2. The number of rotatable bonds is 5. The molecule has 0 bridgehead atoms. The molecule has 0 amide bonds. The summed E-state index contributed by atoms with van der Waals surface area (Å²) in [5, 5.41) is 6.53. The number of thiophene rings is 1. The van der Waals surface area contributed by atoms with Gasteiger partial charge in [0, 0.05) is 24.9 Å². The largest absolute Gasteiger partial charge is 0.469 e. The van der Waals surface area contributed by atoms with Crippen LogP contribution in [0.2, 0.25) is 0 Å². The van der Waals surface area contributed by atoms with Gasteiger partial charge in [-0.2, -0.15) is 0 Å². The van der Waals surface area contributed by atoms with Crippen molar-refractivity contribution in [2.24, 2.45) is 4.99 Å². The Morgan fingerprint density at radius 2 is 2.26 bits per heavy atom. The molecule has 2 rings (SSSR count). The van der Waals surface area contributed by atoms with Gasteiger partial charge in [-0.1, -0.05) is 0 Å². The third-order valence-corrected chi connectivity index (χ3v) is 4.15. The van der Waals surface area contributed by atoms with Crippen molar-refractivity contribution in [1.29, 1.82) is 0 Å². The highest BCUT2D eigenvalue weighted by Gasteiger charge is 2.01. The molecule has 0 atom stereocenters. The summed E-state index contributed by atoms with van der Waals surface area (Å²) in [5.41, 5.74) is 0. The van der Waals surface area contributed by atoms with Crippen LogP contribution in [0.25, 0.3) is 0 Å². The van der Waals surface area contributed by atoms with Crippen molar-refractivity contribution in [3.8, 4) is 0 Å². The smallest absolute Gasteiger partial charge is 0.191 e. The molecule has 0 aliphatic heterocycles. The van der Waals surface area contributed by atoms with Gasteiger partial charge in [0.1, 0.15) is 5.76 Å². The first-order chi connectivity index (χ1) is 9.28. The fraction of sp³-hybridized carbons (Fsp3) is 0.308. The highest BCUT2D eigenvalue weighted by atomic mass is 79.9. The molecular formula is C13H16BrN3OS. The first kappa shape index (κ1) is 14.1. The molecule has 0 saturated carbocycles. The quantitative estimate of drug-likeness (QED) is 0.649. The van der Waals surface area contributed by atoms with Crippen molar-refractivity contribution >= 4 is 33.2 Å². The molecule has 0 spiro atoms. The van der Waals surface area contributed by atoms with Gasteiger partial charge >= 0.3 is 0 Å². The summed E-state index contributed by atoms with van der Waals surface area (Å²) in [6.07, 6.45) is 2.54. The molecule has 0 unspecified atom stereocenters. The highest BCUT2D eigenvalue weighted by Crippen LogP contribution is 2.21. The molecular weight excluding hydrogens is 326 g/mol. The van der Waals surface area contributed by atoms with E-state index in [2.05, 4.69) is 43.7 Å². The minimum absolute atomic E-state index is 0.774. The Labute approximate surface area is 125 Å². The second-order valence-electron chi connectivity index (χ2n) is 3.89. The van der Waals surface area contributed by atoms with E-state index in [0.29, 0.717) is 0 Å². The van der Waals surface area contributed by atoms with Gasteiger partial charge < -0.3 is 15.1 Å². The summed E-state index contributed by atoms with van der Waals surface area (Å²) in [5.74, 6) is 1.78. The maximum Gasteiger partial charge on any atom is 0.191 e. The van der Waals surface area contributed by atoms with Crippen LogP contribution in [0, 0.1) is 0 Å². The van der Waals surface area contributed by atoms with Crippen LogP contribution in [0.15, 0.2) is 43.7 Å². The van der Waals surface area contributed by atoms with Crippen molar-refractivity contribution in [3.05, 3.63) is 45.0 Å². The number of halogens is 1. The van der Waals surface area contributed by atoms with Crippen LogP contribution < -0.4 is 10.6 Å². The molecule has 0 saturated heterocycles. The van der Waals surface area contributed by atoms with E-state index in [1.54, 1.807) is 24.6 Å². The zero-order valence-corrected chi connectivity index (χ0v) is 13.1. The molecule has 2 aromatic heterocycles. The highest BCUT2D eigenvalue weighted by molar-refractivity contribution is 9.11. The van der Waals surface area contributed by atoms with Crippen LogP contribution in [-0.4, -0.2) is 19.6 Å². The molecule has 0 fully saturated rings. The normalized spacial score (nSPS) is 11.6. The van der Waals surface area contributed by atoms with Crippen molar-refractivity contribution in [3.63, 3.8) is 0 Å². The molecule has 102 valence electrons. The molecule has 2 aromatic rings. The van der Waals surface area contributed by atoms with Gasteiger partial charge in [-0.05, 0) is 40.2 Å². The Hall–Kier alpha value is -1.27. The predicted octanol–water partition coefficient (Wildman–Crippen LogP) is 3.01. The van der Waals surface area contributed by atoms with E-state index in [-0.39, 0.29) is 0 Å². The lowest BCUT2D eigenvalue weighted by Crippen LogP contribution is -2.37. The lowest BCUT2D eigenvalue weighted by molar-refractivity contribution is 0.507. The number of hydrogen-bond acceptors (Lipinski definition) is 3. The fourth-order valence-electron chi connectivity index (χ4n) is 1.60. The van der Waals surface area contributed by atoms with Gasteiger partial charge in [-0.3, -0.25) is 4.99 Å². The third kappa shape index (κ3) is 4.72. The van der Waals surface area contributed by atoms with Gasteiger partial charge in [-0.25, -0.2) is 0 Å². The zero-order valence-electron chi connectivity index (χ0n) is 10.6. The van der Waals surface area contributed by atoms with E-state index in [1.807, 2.05) is 12.1 Å². The van der Waals surface area contributed by atoms with Crippen LogP contribution in [-0.2, 0) is 13.0 Å². The van der Waals surface area contributed by atoms with E-state index in [9.17, 15) is 0 Å². The molecule has 0 aliphatic carbocycles. The zero-order chi connectivity index (χ0) is 13.5. The summed E-state index contributed by atoms with van der Waals surface area (Å²) in [6, 6.07) is 8.02.